The highest BCUT2D eigenvalue weighted by Crippen LogP contribution is 2.69. The molecule has 0 bridgehead atoms. The maximum absolute atomic E-state index is 15.6. The van der Waals surface area contributed by atoms with Crippen molar-refractivity contribution in [3.05, 3.63) is 48.5 Å². The first kappa shape index (κ1) is 41.2. The van der Waals surface area contributed by atoms with Gasteiger partial charge < -0.3 is 9.47 Å². The van der Waals surface area contributed by atoms with Crippen LogP contribution in [0.3, 0.4) is 0 Å². The van der Waals surface area contributed by atoms with Crippen LogP contribution in [0.1, 0.15) is 0 Å². The summed E-state index contributed by atoms with van der Waals surface area (Å²) in [6.45, 7) is 0. The largest absolute Gasteiger partial charge is 0.497 e. The van der Waals surface area contributed by atoms with E-state index in [1.54, 1.807) is 0 Å². The molecule has 2 rings (SSSR count). The molecule has 2 aromatic rings. The number of ether oxygens (including phenoxy) is 2. The van der Waals surface area contributed by atoms with Crippen molar-refractivity contribution >= 4 is 18.5 Å². The van der Waals surface area contributed by atoms with E-state index in [0.29, 0.717) is 24.3 Å². The Hall–Kier alpha value is -3.00. The van der Waals surface area contributed by atoms with Crippen molar-refractivity contribution in [2.45, 2.75) is 59.2 Å². The van der Waals surface area contributed by atoms with Crippen LogP contribution >= 0.6 is 7.92 Å². The minimum absolute atomic E-state index is 0.400. The Morgan fingerprint density at radius 3 is 0.938 bits per heavy atom. The first-order valence-corrected chi connectivity index (χ1v) is 13.1. The molecule has 0 saturated carbocycles. The van der Waals surface area contributed by atoms with Gasteiger partial charge in [0.15, 0.2) is 0 Å². The number of hydrogen-bond acceptors (Lipinski definition) is 2. The quantitative estimate of drug-likeness (QED) is 0.150. The molecule has 0 unspecified atom stereocenters. The van der Waals surface area contributed by atoms with Crippen LogP contribution in [0, 0.1) is 0 Å². The van der Waals surface area contributed by atoms with Crippen LogP contribution in [0.4, 0.5) is 92.2 Å². The summed E-state index contributed by atoms with van der Waals surface area (Å²) >= 11 is 0. The standard InChI is InChI=1S/C24H14F21O2P/c1-46-11-5-3-7-13(9-11)48(14-8-4-6-12(10-14)47-2)24(44,45)22(39,40)20(35,36)18(31,32)16(27,28)15(25,26)17(29,30)19(33,34)21(37,38)23(41,42)43/h3-10H,1-2H3. The highest BCUT2D eigenvalue weighted by molar-refractivity contribution is 7.74. The molecule has 0 aliphatic heterocycles. The van der Waals surface area contributed by atoms with Crippen molar-refractivity contribution in [2.24, 2.45) is 0 Å². The molecule has 0 heterocycles. The maximum atomic E-state index is 15.6. The van der Waals surface area contributed by atoms with Crippen LogP contribution in [0.5, 0.6) is 11.5 Å². The van der Waals surface area contributed by atoms with Gasteiger partial charge in [-0.1, -0.05) is 24.3 Å². The molecule has 48 heavy (non-hydrogen) atoms. The Bertz CT molecular complexity index is 1410. The van der Waals surface area contributed by atoms with Gasteiger partial charge in [0.1, 0.15) is 11.5 Å². The minimum Gasteiger partial charge on any atom is -0.497 e. The monoisotopic (exact) mass is 764 g/mol. The van der Waals surface area contributed by atoms with Gasteiger partial charge in [0.25, 0.3) is 0 Å². The van der Waals surface area contributed by atoms with Gasteiger partial charge in [-0.3, -0.25) is 0 Å². The van der Waals surface area contributed by atoms with Gasteiger partial charge in [0.2, 0.25) is 0 Å². The predicted octanol–water partition coefficient (Wildman–Crippen LogP) is 9.37. The zero-order chi connectivity index (χ0) is 38.0. The number of benzene rings is 2. The molecule has 0 atom stereocenters. The van der Waals surface area contributed by atoms with Gasteiger partial charge in [0, 0.05) is 7.92 Å². The SMILES string of the molecule is COc1cccc(P(c2cccc(OC)c2)C(F)(F)C(F)(F)C(F)(F)C(F)(F)C(F)(F)C(F)(F)C(F)(F)C(F)(F)C(F)(F)C(F)(F)F)c1. The highest BCUT2D eigenvalue weighted by atomic mass is 31.1. The number of methoxy groups -OCH3 is 2. The van der Waals surface area contributed by atoms with Gasteiger partial charge in [-0.05, 0) is 34.9 Å². The van der Waals surface area contributed by atoms with Crippen LogP contribution in [0.2, 0.25) is 0 Å². The molecule has 0 amide bonds. The van der Waals surface area contributed by atoms with Gasteiger partial charge >= 0.3 is 59.2 Å². The van der Waals surface area contributed by atoms with E-state index < -0.39 is 89.2 Å². The molecule has 0 N–H and O–H groups in total. The van der Waals surface area contributed by atoms with E-state index in [1.165, 1.54) is 0 Å². The average molecular weight is 764 g/mol. The minimum atomic E-state index is -9.24. The molecule has 0 spiro atoms. The third-order valence-electron chi connectivity index (χ3n) is 6.40. The van der Waals surface area contributed by atoms with E-state index in [-0.39, 0.29) is 0 Å². The number of hydrogen-bond donors (Lipinski definition) is 0. The molecule has 2 nitrogen and oxygen atoms in total. The van der Waals surface area contributed by atoms with E-state index in [4.69, 9.17) is 0 Å². The van der Waals surface area contributed by atoms with Gasteiger partial charge in [-0.15, -0.1) is 0 Å². The van der Waals surface area contributed by atoms with Gasteiger partial charge in [-0.2, -0.15) is 92.2 Å². The molecular formula is C24H14F21O2P. The summed E-state index contributed by atoms with van der Waals surface area (Å²) in [5.41, 5.74) is -6.87. The summed E-state index contributed by atoms with van der Waals surface area (Å²) in [6, 6.07) is 4.97. The van der Waals surface area contributed by atoms with E-state index in [9.17, 15) is 74.6 Å². The lowest BCUT2D eigenvalue weighted by atomic mass is 9.87. The van der Waals surface area contributed by atoms with Crippen molar-refractivity contribution in [3.8, 4) is 11.5 Å². The fourth-order valence-electron chi connectivity index (χ4n) is 3.66. The Morgan fingerprint density at radius 2 is 0.667 bits per heavy atom. The fraction of sp³-hybridized carbons (Fsp3) is 0.500. The molecule has 2 aromatic carbocycles. The second-order valence-corrected chi connectivity index (χ2v) is 11.6. The normalized spacial score (nSPS) is 15.2. The smallest absolute Gasteiger partial charge is 0.460 e. The predicted molar refractivity (Wildman–Crippen MR) is 123 cm³/mol. The van der Waals surface area contributed by atoms with Gasteiger partial charge in [0.05, 0.1) is 14.2 Å². The summed E-state index contributed by atoms with van der Waals surface area (Å²) in [4.78, 5) is 0. The van der Waals surface area contributed by atoms with E-state index in [1.807, 2.05) is 0 Å². The van der Waals surface area contributed by atoms with Crippen LogP contribution < -0.4 is 20.1 Å². The van der Waals surface area contributed by atoms with Gasteiger partial charge in [-0.25, -0.2) is 0 Å². The summed E-state index contributed by atoms with van der Waals surface area (Å²) in [5, 5.41) is -2.45. The zero-order valence-electron chi connectivity index (χ0n) is 22.8. The van der Waals surface area contributed by atoms with E-state index >= 15 is 17.6 Å². The molecule has 274 valence electrons. The fourth-order valence-corrected chi connectivity index (χ4v) is 6.01. The Balaban J connectivity index is 2.87. The number of halogens is 21. The molecule has 0 fully saturated rings. The zero-order valence-corrected chi connectivity index (χ0v) is 23.7. The summed E-state index contributed by atoms with van der Waals surface area (Å²) in [7, 11) is -2.98. The topological polar surface area (TPSA) is 18.5 Å². The average Bonchev–Trinajstić information content (AvgIpc) is 2.95. The first-order valence-electron chi connectivity index (χ1n) is 11.8. The second-order valence-electron chi connectivity index (χ2n) is 9.37. The number of rotatable bonds is 13. The lowest BCUT2D eigenvalue weighted by Crippen LogP contribution is -2.76. The summed E-state index contributed by atoms with van der Waals surface area (Å²) < 4.78 is 303. The Kier molecular flexibility index (Phi) is 10.4. The third-order valence-corrected chi connectivity index (χ3v) is 8.83. The van der Waals surface area contributed by atoms with E-state index in [0.717, 1.165) is 38.5 Å². The van der Waals surface area contributed by atoms with Crippen molar-refractivity contribution in [1.82, 2.24) is 0 Å². The molecule has 0 radical (unpaired) electrons. The van der Waals surface area contributed by atoms with Crippen LogP contribution in [-0.4, -0.2) is 73.4 Å². The maximum Gasteiger partial charge on any atom is 0.460 e. The Labute approximate surface area is 254 Å². The van der Waals surface area contributed by atoms with Crippen molar-refractivity contribution in [1.29, 1.82) is 0 Å². The molecular weight excluding hydrogens is 750 g/mol. The van der Waals surface area contributed by atoms with Crippen LogP contribution in [0.25, 0.3) is 0 Å². The summed E-state index contributed by atoms with van der Waals surface area (Å²) in [6.07, 6.45) is -8.04. The highest BCUT2D eigenvalue weighted by Gasteiger charge is 2.98. The Morgan fingerprint density at radius 1 is 0.396 bits per heavy atom. The molecule has 0 saturated heterocycles. The van der Waals surface area contributed by atoms with Crippen molar-refractivity contribution in [3.63, 3.8) is 0 Å². The lowest BCUT2D eigenvalue weighted by molar-refractivity contribution is -0.472. The van der Waals surface area contributed by atoms with Crippen molar-refractivity contribution in [2.75, 3.05) is 14.2 Å². The second kappa shape index (κ2) is 12.1. The van der Waals surface area contributed by atoms with Crippen molar-refractivity contribution < 1.29 is 102 Å². The molecule has 0 aliphatic rings. The van der Waals surface area contributed by atoms with Crippen LogP contribution in [-0.2, 0) is 0 Å². The molecule has 0 aliphatic carbocycles. The number of alkyl halides is 21. The summed E-state index contributed by atoms with van der Waals surface area (Å²) in [5.74, 6) is -71.9. The van der Waals surface area contributed by atoms with Crippen LogP contribution in [0.15, 0.2) is 48.5 Å². The molecule has 0 aromatic heterocycles. The molecule has 24 heteroatoms. The first-order chi connectivity index (χ1) is 21.2. The lowest BCUT2D eigenvalue weighted by Gasteiger charge is -2.45. The third kappa shape index (κ3) is 5.64. The van der Waals surface area contributed by atoms with E-state index in [2.05, 4.69) is 9.47 Å².